The topological polar surface area (TPSA) is 50.7 Å². The average Bonchev–Trinajstić information content (AvgIpc) is 2.71. The van der Waals surface area contributed by atoms with Gasteiger partial charge in [0.2, 0.25) is 0 Å². The summed E-state index contributed by atoms with van der Waals surface area (Å²) in [6.45, 7) is 3.62. The van der Waals surface area contributed by atoms with Gasteiger partial charge in [-0.3, -0.25) is 0 Å². The molecule has 0 spiro atoms. The maximum atomic E-state index is 9.54. The molecule has 1 aliphatic carbocycles. The minimum Gasteiger partial charge on any atom is -0.389 e. The SMILES string of the molecule is CCOCC(O)CNC1CCC(OC)C1. The molecule has 4 nitrogen and oxygen atoms in total. The number of hydrogen-bond donors (Lipinski definition) is 2. The molecule has 0 amide bonds. The van der Waals surface area contributed by atoms with Gasteiger partial charge < -0.3 is 19.9 Å². The first-order valence-electron chi connectivity index (χ1n) is 5.78. The van der Waals surface area contributed by atoms with Gasteiger partial charge in [-0.25, -0.2) is 0 Å². The van der Waals surface area contributed by atoms with Gasteiger partial charge in [-0.15, -0.1) is 0 Å². The van der Waals surface area contributed by atoms with Crippen molar-refractivity contribution in [3.63, 3.8) is 0 Å². The largest absolute Gasteiger partial charge is 0.389 e. The molecular formula is C11H23NO3. The Hall–Kier alpha value is -0.160. The molecule has 3 atom stereocenters. The third-order valence-corrected chi connectivity index (χ3v) is 2.87. The molecule has 2 N–H and O–H groups in total. The number of ether oxygens (including phenoxy) is 2. The van der Waals surface area contributed by atoms with Crippen LogP contribution in [-0.2, 0) is 9.47 Å². The summed E-state index contributed by atoms with van der Waals surface area (Å²) < 4.78 is 10.4. The van der Waals surface area contributed by atoms with Crippen LogP contribution in [0.25, 0.3) is 0 Å². The predicted octanol–water partition coefficient (Wildman–Crippen LogP) is 0.541. The van der Waals surface area contributed by atoms with Crippen LogP contribution >= 0.6 is 0 Å². The fraction of sp³-hybridized carbons (Fsp3) is 1.00. The van der Waals surface area contributed by atoms with E-state index in [0.29, 0.717) is 31.9 Å². The Bertz CT molecular complexity index is 166. The van der Waals surface area contributed by atoms with Crippen LogP contribution in [0.1, 0.15) is 26.2 Å². The number of nitrogens with one attached hydrogen (secondary N) is 1. The van der Waals surface area contributed by atoms with Crippen LogP contribution < -0.4 is 5.32 Å². The summed E-state index contributed by atoms with van der Waals surface area (Å²) in [4.78, 5) is 0. The van der Waals surface area contributed by atoms with Gasteiger partial charge in [-0.1, -0.05) is 0 Å². The first-order chi connectivity index (χ1) is 7.26. The van der Waals surface area contributed by atoms with Crippen molar-refractivity contribution in [3.8, 4) is 0 Å². The normalized spacial score (nSPS) is 28.2. The van der Waals surface area contributed by atoms with Crippen LogP contribution in [-0.4, -0.2) is 50.2 Å². The molecule has 0 radical (unpaired) electrons. The number of aliphatic hydroxyl groups is 1. The lowest BCUT2D eigenvalue weighted by Gasteiger charge is -2.16. The Kier molecular flexibility index (Phi) is 6.17. The lowest BCUT2D eigenvalue weighted by molar-refractivity contribution is 0.0409. The van der Waals surface area contributed by atoms with Crippen molar-refractivity contribution < 1.29 is 14.6 Å². The van der Waals surface area contributed by atoms with Crippen LogP contribution in [0.3, 0.4) is 0 Å². The van der Waals surface area contributed by atoms with Crippen molar-refractivity contribution in [1.82, 2.24) is 5.32 Å². The standard InChI is InChI=1S/C11H23NO3/c1-3-15-8-10(13)7-12-9-4-5-11(6-9)14-2/h9-13H,3-8H2,1-2H3. The average molecular weight is 217 g/mol. The van der Waals surface area contributed by atoms with Gasteiger partial charge in [0.05, 0.1) is 18.8 Å². The molecule has 0 bridgehead atoms. The van der Waals surface area contributed by atoms with Gasteiger partial charge in [0, 0.05) is 26.3 Å². The van der Waals surface area contributed by atoms with Crippen molar-refractivity contribution in [2.24, 2.45) is 0 Å². The molecule has 15 heavy (non-hydrogen) atoms. The first-order valence-corrected chi connectivity index (χ1v) is 5.78. The highest BCUT2D eigenvalue weighted by molar-refractivity contribution is 4.81. The van der Waals surface area contributed by atoms with Crippen LogP contribution in [0, 0.1) is 0 Å². The molecule has 0 heterocycles. The van der Waals surface area contributed by atoms with E-state index in [1.54, 1.807) is 7.11 Å². The molecule has 1 rings (SSSR count). The summed E-state index contributed by atoms with van der Waals surface area (Å²) in [6, 6.07) is 0.492. The van der Waals surface area contributed by atoms with Crippen molar-refractivity contribution in [2.45, 2.75) is 44.4 Å². The highest BCUT2D eigenvalue weighted by atomic mass is 16.5. The van der Waals surface area contributed by atoms with Gasteiger partial charge >= 0.3 is 0 Å². The fourth-order valence-corrected chi connectivity index (χ4v) is 1.96. The second kappa shape index (κ2) is 7.17. The molecule has 0 saturated heterocycles. The summed E-state index contributed by atoms with van der Waals surface area (Å²) in [5, 5.41) is 12.9. The summed E-state index contributed by atoms with van der Waals surface area (Å²) in [6.07, 6.45) is 3.31. The van der Waals surface area contributed by atoms with E-state index in [0.717, 1.165) is 19.3 Å². The fourth-order valence-electron chi connectivity index (χ4n) is 1.96. The lowest BCUT2D eigenvalue weighted by atomic mass is 10.2. The van der Waals surface area contributed by atoms with Crippen LogP contribution in [0.4, 0.5) is 0 Å². The van der Waals surface area contributed by atoms with Crippen molar-refractivity contribution in [1.29, 1.82) is 0 Å². The molecule has 1 fully saturated rings. The third-order valence-electron chi connectivity index (χ3n) is 2.87. The van der Waals surface area contributed by atoms with Crippen LogP contribution in [0.2, 0.25) is 0 Å². The van der Waals surface area contributed by atoms with E-state index in [1.807, 2.05) is 6.92 Å². The molecule has 1 aliphatic rings. The van der Waals surface area contributed by atoms with E-state index in [9.17, 15) is 5.11 Å². The zero-order valence-corrected chi connectivity index (χ0v) is 9.74. The minimum absolute atomic E-state index is 0.395. The molecule has 1 saturated carbocycles. The summed E-state index contributed by atoms with van der Waals surface area (Å²) in [5.74, 6) is 0. The van der Waals surface area contributed by atoms with Gasteiger partial charge in [0.25, 0.3) is 0 Å². The second-order valence-corrected chi connectivity index (χ2v) is 4.09. The predicted molar refractivity (Wildman–Crippen MR) is 58.9 cm³/mol. The second-order valence-electron chi connectivity index (χ2n) is 4.09. The number of aliphatic hydroxyl groups excluding tert-OH is 1. The Morgan fingerprint density at radius 3 is 2.87 bits per heavy atom. The number of rotatable bonds is 7. The molecule has 0 aliphatic heterocycles. The van der Waals surface area contributed by atoms with Gasteiger partial charge in [-0.2, -0.15) is 0 Å². The Balaban J connectivity index is 2.04. The summed E-state index contributed by atoms with van der Waals surface area (Å²) in [7, 11) is 1.76. The Morgan fingerprint density at radius 2 is 2.27 bits per heavy atom. The molecule has 0 aromatic carbocycles. The van der Waals surface area contributed by atoms with Crippen molar-refractivity contribution >= 4 is 0 Å². The molecule has 0 aromatic heterocycles. The maximum Gasteiger partial charge on any atom is 0.0897 e. The zero-order chi connectivity index (χ0) is 11.1. The van der Waals surface area contributed by atoms with E-state index in [-0.39, 0.29) is 0 Å². The van der Waals surface area contributed by atoms with Gasteiger partial charge in [-0.05, 0) is 26.2 Å². The number of hydrogen-bond acceptors (Lipinski definition) is 4. The third kappa shape index (κ3) is 4.93. The van der Waals surface area contributed by atoms with E-state index in [4.69, 9.17) is 9.47 Å². The first kappa shape index (κ1) is 12.9. The molecule has 4 heteroatoms. The van der Waals surface area contributed by atoms with Gasteiger partial charge in [0.15, 0.2) is 0 Å². The molecule has 90 valence electrons. The van der Waals surface area contributed by atoms with Gasteiger partial charge in [0.1, 0.15) is 0 Å². The van der Waals surface area contributed by atoms with Crippen LogP contribution in [0.15, 0.2) is 0 Å². The zero-order valence-electron chi connectivity index (χ0n) is 9.74. The Labute approximate surface area is 92.0 Å². The highest BCUT2D eigenvalue weighted by Gasteiger charge is 2.24. The van der Waals surface area contributed by atoms with Crippen molar-refractivity contribution in [2.75, 3.05) is 26.9 Å². The van der Waals surface area contributed by atoms with Crippen molar-refractivity contribution in [3.05, 3.63) is 0 Å². The Morgan fingerprint density at radius 1 is 1.47 bits per heavy atom. The molecule has 0 aromatic rings. The molecule has 3 unspecified atom stereocenters. The summed E-state index contributed by atoms with van der Waals surface area (Å²) in [5.41, 5.74) is 0. The highest BCUT2D eigenvalue weighted by Crippen LogP contribution is 2.21. The quantitative estimate of drug-likeness (QED) is 0.653. The minimum atomic E-state index is -0.397. The lowest BCUT2D eigenvalue weighted by Crippen LogP contribution is -2.36. The smallest absolute Gasteiger partial charge is 0.0897 e. The monoisotopic (exact) mass is 217 g/mol. The molecular weight excluding hydrogens is 194 g/mol. The number of methoxy groups -OCH3 is 1. The van der Waals surface area contributed by atoms with Crippen LogP contribution in [0.5, 0.6) is 0 Å². The summed E-state index contributed by atoms with van der Waals surface area (Å²) >= 11 is 0. The van der Waals surface area contributed by atoms with E-state index in [1.165, 1.54) is 0 Å². The maximum absolute atomic E-state index is 9.54. The van der Waals surface area contributed by atoms with E-state index >= 15 is 0 Å². The van der Waals surface area contributed by atoms with E-state index in [2.05, 4.69) is 5.32 Å². The van der Waals surface area contributed by atoms with E-state index < -0.39 is 6.10 Å².